The predicted molar refractivity (Wildman–Crippen MR) is 93.4 cm³/mol. The van der Waals surface area contributed by atoms with Crippen molar-refractivity contribution in [1.82, 2.24) is 19.7 Å². The van der Waals surface area contributed by atoms with Crippen LogP contribution in [0.25, 0.3) is 22.4 Å². The van der Waals surface area contributed by atoms with Crippen molar-refractivity contribution in [3.05, 3.63) is 43.0 Å². The quantitative estimate of drug-likeness (QED) is 0.772. The fourth-order valence-corrected chi connectivity index (χ4v) is 3.79. The molecule has 3 aromatic heterocycles. The van der Waals surface area contributed by atoms with E-state index in [2.05, 4.69) is 38.2 Å². The van der Waals surface area contributed by atoms with Gasteiger partial charge >= 0.3 is 0 Å². The number of piperidine rings is 1. The molecule has 6 heteroatoms. The number of hydrogen-bond acceptors (Lipinski definition) is 4. The van der Waals surface area contributed by atoms with Gasteiger partial charge in [0.15, 0.2) is 0 Å². The summed E-state index contributed by atoms with van der Waals surface area (Å²) in [7, 11) is 1.92. The molecule has 1 saturated carbocycles. The molecule has 4 heterocycles. The van der Waals surface area contributed by atoms with Gasteiger partial charge in [-0.2, -0.15) is 5.10 Å². The third kappa shape index (κ3) is 2.14. The molecule has 6 nitrogen and oxygen atoms in total. The Morgan fingerprint density at radius 3 is 2.62 bits per heavy atom. The van der Waals surface area contributed by atoms with Crippen LogP contribution in [0.4, 0.5) is 5.82 Å². The summed E-state index contributed by atoms with van der Waals surface area (Å²) in [5.74, 6) is 2.41. The molecule has 5 rings (SSSR count). The molecule has 2 fully saturated rings. The zero-order valence-corrected chi connectivity index (χ0v) is 13.6. The number of anilines is 1. The van der Waals surface area contributed by atoms with Gasteiger partial charge in [0.2, 0.25) is 0 Å². The van der Waals surface area contributed by atoms with Gasteiger partial charge in [-0.1, -0.05) is 0 Å². The largest absolute Gasteiger partial charge is 0.360 e. The number of fused-ring (bicyclic) bond motifs is 1. The highest BCUT2D eigenvalue weighted by Crippen LogP contribution is 2.44. The minimum absolute atomic E-state index is 0.422. The summed E-state index contributed by atoms with van der Waals surface area (Å²) in [5, 5.41) is 4.22. The van der Waals surface area contributed by atoms with Crippen LogP contribution in [0.1, 0.15) is 0 Å². The molecule has 0 aromatic carbocycles. The Bertz CT molecular complexity index is 865. The van der Waals surface area contributed by atoms with Gasteiger partial charge in [0, 0.05) is 67.2 Å². The lowest BCUT2D eigenvalue weighted by Crippen LogP contribution is -2.28. The molecule has 122 valence electrons. The van der Waals surface area contributed by atoms with E-state index in [1.54, 1.807) is 4.68 Å². The Morgan fingerprint density at radius 2 is 1.96 bits per heavy atom. The first kappa shape index (κ1) is 13.8. The molecule has 1 unspecified atom stereocenters. The van der Waals surface area contributed by atoms with Crippen LogP contribution in [0.2, 0.25) is 0 Å². The van der Waals surface area contributed by atoms with Crippen LogP contribution in [-0.2, 0) is 7.05 Å². The summed E-state index contributed by atoms with van der Waals surface area (Å²) < 4.78 is 1.80. The Hall–Kier alpha value is -2.60. The second-order valence-corrected chi connectivity index (χ2v) is 6.92. The van der Waals surface area contributed by atoms with E-state index in [9.17, 15) is 0 Å². The third-order valence-corrected chi connectivity index (χ3v) is 5.36. The van der Waals surface area contributed by atoms with Gasteiger partial charge in [0.05, 0.1) is 6.20 Å². The first-order valence-corrected chi connectivity index (χ1v) is 8.33. The Labute approximate surface area is 140 Å². The van der Waals surface area contributed by atoms with E-state index in [0.29, 0.717) is 17.9 Å². The number of aromatic nitrogens is 4. The van der Waals surface area contributed by atoms with E-state index in [1.807, 2.05) is 31.8 Å². The second-order valence-electron chi connectivity index (χ2n) is 6.92. The fourth-order valence-electron chi connectivity index (χ4n) is 3.79. The summed E-state index contributed by atoms with van der Waals surface area (Å²) in [4.78, 5) is 10.3. The molecule has 24 heavy (non-hydrogen) atoms. The van der Waals surface area contributed by atoms with E-state index in [1.165, 1.54) is 0 Å². The number of hydrogen-bond donors (Lipinski definition) is 2. The number of rotatable bonds is 3. The lowest BCUT2D eigenvalue weighted by atomic mass is 10.1. The van der Waals surface area contributed by atoms with E-state index in [0.717, 1.165) is 41.3 Å². The standard InChI is InChI=1S/C18H20N6/c1-23-8-13(7-22-23)16-4-12(6-20-16)11-2-3-17(21-5-11)24-9-14-15(10-24)18(14)19/h2-8,14-15,18,20H,9-10,19H2,1H3/t14-,15+,18?. The molecule has 0 spiro atoms. The van der Waals surface area contributed by atoms with Crippen LogP contribution in [0.5, 0.6) is 0 Å². The molecule has 3 atom stereocenters. The topological polar surface area (TPSA) is 75.8 Å². The molecule has 0 bridgehead atoms. The molecule has 3 N–H and O–H groups in total. The molecule has 0 amide bonds. The van der Waals surface area contributed by atoms with E-state index < -0.39 is 0 Å². The first-order valence-electron chi connectivity index (χ1n) is 8.33. The summed E-state index contributed by atoms with van der Waals surface area (Å²) in [5.41, 5.74) is 10.4. The van der Waals surface area contributed by atoms with E-state index in [-0.39, 0.29) is 0 Å². The van der Waals surface area contributed by atoms with Gasteiger partial charge in [-0.3, -0.25) is 4.68 Å². The highest BCUT2D eigenvalue weighted by molar-refractivity contribution is 5.71. The van der Waals surface area contributed by atoms with E-state index >= 15 is 0 Å². The molecule has 0 radical (unpaired) electrons. The monoisotopic (exact) mass is 320 g/mol. The molecule has 2 aliphatic rings. The van der Waals surface area contributed by atoms with Crippen molar-refractivity contribution in [3.8, 4) is 22.4 Å². The summed E-state index contributed by atoms with van der Waals surface area (Å²) >= 11 is 0. The van der Waals surface area contributed by atoms with Crippen molar-refractivity contribution in [1.29, 1.82) is 0 Å². The average molecular weight is 320 g/mol. The van der Waals surface area contributed by atoms with Crippen LogP contribution in [0.15, 0.2) is 43.0 Å². The average Bonchev–Trinajstić information content (AvgIpc) is 3.14. The maximum absolute atomic E-state index is 6.01. The van der Waals surface area contributed by atoms with Gasteiger partial charge in [-0.05, 0) is 30.0 Å². The number of aromatic amines is 1. The minimum Gasteiger partial charge on any atom is -0.360 e. The summed E-state index contributed by atoms with van der Waals surface area (Å²) in [6.07, 6.45) is 7.83. The van der Waals surface area contributed by atoms with Crippen molar-refractivity contribution >= 4 is 5.82 Å². The zero-order chi connectivity index (χ0) is 16.3. The minimum atomic E-state index is 0.422. The van der Waals surface area contributed by atoms with Gasteiger partial charge in [0.1, 0.15) is 5.82 Å². The van der Waals surface area contributed by atoms with Gasteiger partial charge in [-0.25, -0.2) is 4.98 Å². The highest BCUT2D eigenvalue weighted by Gasteiger charge is 2.53. The number of nitrogens with zero attached hydrogens (tertiary/aromatic N) is 4. The Kier molecular flexibility index (Phi) is 2.84. The van der Waals surface area contributed by atoms with Gasteiger partial charge < -0.3 is 15.6 Å². The SMILES string of the molecule is Cn1cc(-c2cc(-c3ccc(N4C[C@@H]5C(N)[C@@H]5C4)nc3)c[nH]2)cn1. The van der Waals surface area contributed by atoms with Gasteiger partial charge in [0.25, 0.3) is 0 Å². The van der Waals surface area contributed by atoms with Gasteiger partial charge in [-0.15, -0.1) is 0 Å². The van der Waals surface area contributed by atoms with Crippen molar-refractivity contribution in [2.75, 3.05) is 18.0 Å². The van der Waals surface area contributed by atoms with Crippen LogP contribution in [-0.4, -0.2) is 38.9 Å². The van der Waals surface area contributed by atoms with Crippen molar-refractivity contribution in [2.45, 2.75) is 6.04 Å². The highest BCUT2D eigenvalue weighted by atomic mass is 15.2. The lowest BCUT2D eigenvalue weighted by Gasteiger charge is -2.20. The lowest BCUT2D eigenvalue weighted by molar-refractivity contribution is 0.735. The summed E-state index contributed by atoms with van der Waals surface area (Å²) in [6, 6.07) is 6.81. The maximum Gasteiger partial charge on any atom is 0.128 e. The van der Waals surface area contributed by atoms with Crippen LogP contribution in [0, 0.1) is 11.8 Å². The number of pyridine rings is 1. The fraction of sp³-hybridized carbons (Fsp3) is 0.333. The second kappa shape index (κ2) is 4.95. The van der Waals surface area contributed by atoms with Crippen molar-refractivity contribution in [2.24, 2.45) is 24.6 Å². The molecule has 1 aliphatic heterocycles. The van der Waals surface area contributed by atoms with E-state index in [4.69, 9.17) is 5.73 Å². The Balaban J connectivity index is 1.35. The number of nitrogens with one attached hydrogen (secondary N) is 1. The van der Waals surface area contributed by atoms with Crippen molar-refractivity contribution < 1.29 is 0 Å². The van der Waals surface area contributed by atoms with Crippen LogP contribution < -0.4 is 10.6 Å². The summed E-state index contributed by atoms with van der Waals surface area (Å²) in [6.45, 7) is 2.10. The number of H-pyrrole nitrogens is 1. The third-order valence-electron chi connectivity index (χ3n) is 5.36. The van der Waals surface area contributed by atoms with Crippen molar-refractivity contribution in [3.63, 3.8) is 0 Å². The zero-order valence-electron chi connectivity index (χ0n) is 13.6. The smallest absolute Gasteiger partial charge is 0.128 e. The first-order chi connectivity index (χ1) is 11.7. The molecular weight excluding hydrogens is 300 g/mol. The molecular formula is C18H20N6. The predicted octanol–water partition coefficient (Wildman–Crippen LogP) is 1.87. The van der Waals surface area contributed by atoms with Crippen LogP contribution >= 0.6 is 0 Å². The molecule has 1 aliphatic carbocycles. The Morgan fingerprint density at radius 1 is 1.12 bits per heavy atom. The van der Waals surface area contributed by atoms with Crippen LogP contribution in [0.3, 0.4) is 0 Å². The number of nitrogens with two attached hydrogens (primary N) is 1. The molecule has 3 aromatic rings. The molecule has 1 saturated heterocycles. The normalized spacial score (nSPS) is 25.1. The maximum atomic E-state index is 6.01. The number of aryl methyl sites for hydroxylation is 1.